The van der Waals surface area contributed by atoms with Crippen LogP contribution in [-0.4, -0.2) is 24.5 Å². The van der Waals surface area contributed by atoms with Gasteiger partial charge in [0.2, 0.25) is 0 Å². The fraction of sp³-hybridized carbons (Fsp3) is 0.400. The fourth-order valence-corrected chi connectivity index (χ4v) is 2.64. The van der Waals surface area contributed by atoms with E-state index < -0.39 is 8.07 Å². The molecule has 0 saturated carbocycles. The third kappa shape index (κ3) is 3.46. The number of rotatable bonds is 5. The number of aromatic nitrogens is 2. The van der Waals surface area contributed by atoms with Crippen molar-refractivity contribution in [3.8, 4) is 12.3 Å². The maximum atomic E-state index is 5.73. The highest BCUT2D eigenvalue weighted by molar-refractivity contribution is 6.76. The minimum absolute atomic E-state index is 0.465. The second-order valence-corrected chi connectivity index (χ2v) is 11.5. The van der Waals surface area contributed by atoms with Gasteiger partial charge in [-0.25, -0.2) is 4.68 Å². The van der Waals surface area contributed by atoms with Gasteiger partial charge in [-0.15, -0.1) is 6.42 Å². The van der Waals surface area contributed by atoms with Crippen molar-refractivity contribution in [2.45, 2.75) is 32.4 Å². The highest BCUT2D eigenvalue weighted by Crippen LogP contribution is 2.18. The molecule has 0 N–H and O–H groups in total. The average molecular weight is 272 g/mol. The summed E-state index contributed by atoms with van der Waals surface area (Å²) in [4.78, 5) is 0. The number of benzene rings is 1. The highest BCUT2D eigenvalue weighted by atomic mass is 28.3. The Morgan fingerprint density at radius 2 is 2.16 bits per heavy atom. The van der Waals surface area contributed by atoms with E-state index in [0.717, 1.165) is 29.1 Å². The van der Waals surface area contributed by atoms with E-state index in [1.54, 1.807) is 0 Å². The summed E-state index contributed by atoms with van der Waals surface area (Å²) < 4.78 is 7.57. The number of hydrogen-bond acceptors (Lipinski definition) is 2. The molecule has 0 bridgehead atoms. The lowest BCUT2D eigenvalue weighted by Gasteiger charge is -2.15. The summed E-state index contributed by atoms with van der Waals surface area (Å²) >= 11 is 0. The lowest BCUT2D eigenvalue weighted by molar-refractivity contribution is 0.0817. The molecule has 0 unspecified atom stereocenters. The van der Waals surface area contributed by atoms with Crippen LogP contribution >= 0.6 is 0 Å². The second kappa shape index (κ2) is 5.60. The quantitative estimate of drug-likeness (QED) is 0.474. The SMILES string of the molecule is C#Cc1cccc2cnn(COCC[Si](C)(C)C)c12. The van der Waals surface area contributed by atoms with Crippen LogP contribution < -0.4 is 0 Å². The van der Waals surface area contributed by atoms with Gasteiger partial charge in [0.15, 0.2) is 0 Å². The first kappa shape index (κ1) is 13.8. The Balaban J connectivity index is 2.08. The maximum Gasteiger partial charge on any atom is 0.140 e. The van der Waals surface area contributed by atoms with Crippen molar-refractivity contribution in [1.82, 2.24) is 9.78 Å². The topological polar surface area (TPSA) is 27.1 Å². The lowest BCUT2D eigenvalue weighted by atomic mass is 10.1. The van der Waals surface area contributed by atoms with Gasteiger partial charge in [0.25, 0.3) is 0 Å². The molecular formula is C15H20N2OSi. The zero-order chi connectivity index (χ0) is 13.9. The summed E-state index contributed by atoms with van der Waals surface area (Å²) in [6, 6.07) is 7.06. The minimum Gasteiger partial charge on any atom is -0.360 e. The molecule has 0 atom stereocenters. The average Bonchev–Trinajstić information content (AvgIpc) is 2.77. The van der Waals surface area contributed by atoms with Crippen LogP contribution in [-0.2, 0) is 11.5 Å². The molecule has 0 radical (unpaired) electrons. The molecule has 1 aromatic carbocycles. The van der Waals surface area contributed by atoms with Gasteiger partial charge in [0.1, 0.15) is 6.73 Å². The molecule has 0 saturated heterocycles. The molecule has 100 valence electrons. The molecular weight excluding hydrogens is 252 g/mol. The van der Waals surface area contributed by atoms with E-state index in [-0.39, 0.29) is 0 Å². The third-order valence-corrected chi connectivity index (χ3v) is 4.73. The minimum atomic E-state index is -1.04. The van der Waals surface area contributed by atoms with Gasteiger partial charge in [-0.2, -0.15) is 5.10 Å². The first-order chi connectivity index (χ1) is 9.01. The standard InChI is InChI=1S/C15H20N2OSi/c1-5-13-7-6-8-14-11-16-17(15(13)14)12-18-9-10-19(2,3)4/h1,6-8,11H,9-10,12H2,2-4H3. The number of ether oxygens (including phenoxy) is 1. The molecule has 3 nitrogen and oxygen atoms in total. The van der Waals surface area contributed by atoms with Crippen LogP contribution in [0, 0.1) is 12.3 Å². The van der Waals surface area contributed by atoms with Gasteiger partial charge < -0.3 is 4.74 Å². The smallest absolute Gasteiger partial charge is 0.140 e. The molecule has 4 heteroatoms. The predicted molar refractivity (Wildman–Crippen MR) is 81.8 cm³/mol. The molecule has 0 aliphatic heterocycles. The van der Waals surface area contributed by atoms with Gasteiger partial charge in [-0.3, -0.25) is 0 Å². The van der Waals surface area contributed by atoms with E-state index in [1.807, 2.05) is 29.1 Å². The van der Waals surface area contributed by atoms with Crippen LogP contribution in [0.25, 0.3) is 10.9 Å². The van der Waals surface area contributed by atoms with Crippen molar-refractivity contribution < 1.29 is 4.74 Å². The molecule has 0 amide bonds. The van der Waals surface area contributed by atoms with Crippen LogP contribution in [0.1, 0.15) is 5.56 Å². The Morgan fingerprint density at radius 3 is 2.84 bits per heavy atom. The Labute approximate surface area is 115 Å². The monoisotopic (exact) mass is 272 g/mol. The number of para-hydroxylation sites is 1. The van der Waals surface area contributed by atoms with Crippen molar-refractivity contribution in [1.29, 1.82) is 0 Å². The van der Waals surface area contributed by atoms with Crippen LogP contribution in [0.15, 0.2) is 24.4 Å². The Hall–Kier alpha value is -1.57. The van der Waals surface area contributed by atoms with Crippen molar-refractivity contribution in [3.05, 3.63) is 30.0 Å². The maximum absolute atomic E-state index is 5.73. The van der Waals surface area contributed by atoms with E-state index in [0.29, 0.717) is 6.73 Å². The van der Waals surface area contributed by atoms with E-state index in [1.165, 1.54) is 0 Å². The second-order valence-electron chi connectivity index (χ2n) is 5.88. The molecule has 1 heterocycles. The van der Waals surface area contributed by atoms with E-state index >= 15 is 0 Å². The van der Waals surface area contributed by atoms with Crippen LogP contribution in [0.5, 0.6) is 0 Å². The molecule has 19 heavy (non-hydrogen) atoms. The zero-order valence-corrected chi connectivity index (χ0v) is 12.8. The molecule has 0 spiro atoms. The summed E-state index contributed by atoms with van der Waals surface area (Å²) in [6.45, 7) is 8.28. The molecule has 0 aliphatic rings. The number of fused-ring (bicyclic) bond motifs is 1. The van der Waals surface area contributed by atoms with Crippen LogP contribution in [0.4, 0.5) is 0 Å². The number of nitrogens with zero attached hydrogens (tertiary/aromatic N) is 2. The largest absolute Gasteiger partial charge is 0.360 e. The molecule has 2 aromatic rings. The van der Waals surface area contributed by atoms with Gasteiger partial charge in [-0.05, 0) is 12.1 Å². The summed E-state index contributed by atoms with van der Waals surface area (Å²) in [5.41, 5.74) is 1.85. The van der Waals surface area contributed by atoms with Crippen LogP contribution in [0.2, 0.25) is 25.7 Å². The van der Waals surface area contributed by atoms with Crippen molar-refractivity contribution in [3.63, 3.8) is 0 Å². The van der Waals surface area contributed by atoms with Gasteiger partial charge in [0, 0.05) is 20.1 Å². The molecule has 0 fully saturated rings. The first-order valence-corrected chi connectivity index (χ1v) is 10.2. The summed E-state index contributed by atoms with van der Waals surface area (Å²) in [7, 11) is -1.04. The van der Waals surface area contributed by atoms with E-state index in [2.05, 4.69) is 30.7 Å². The highest BCUT2D eigenvalue weighted by Gasteiger charge is 2.12. The van der Waals surface area contributed by atoms with Crippen molar-refractivity contribution in [2.24, 2.45) is 0 Å². The normalized spacial score (nSPS) is 11.7. The number of terminal acetylenes is 1. The summed E-state index contributed by atoms with van der Waals surface area (Å²) in [5.74, 6) is 2.70. The molecule has 2 rings (SSSR count). The van der Waals surface area contributed by atoms with E-state index in [9.17, 15) is 0 Å². The first-order valence-electron chi connectivity index (χ1n) is 6.50. The Kier molecular flexibility index (Phi) is 4.08. The van der Waals surface area contributed by atoms with E-state index in [4.69, 9.17) is 11.2 Å². The van der Waals surface area contributed by atoms with Crippen molar-refractivity contribution in [2.75, 3.05) is 6.61 Å². The molecule has 0 aliphatic carbocycles. The lowest BCUT2D eigenvalue weighted by Crippen LogP contribution is -2.22. The van der Waals surface area contributed by atoms with Gasteiger partial charge >= 0.3 is 0 Å². The number of hydrogen-bond donors (Lipinski definition) is 0. The fourth-order valence-electron chi connectivity index (χ4n) is 1.89. The third-order valence-electron chi connectivity index (χ3n) is 3.03. The summed E-state index contributed by atoms with van der Waals surface area (Å²) in [5, 5.41) is 5.40. The summed E-state index contributed by atoms with van der Waals surface area (Å²) in [6.07, 6.45) is 7.36. The van der Waals surface area contributed by atoms with Crippen molar-refractivity contribution >= 4 is 19.0 Å². The Bertz CT molecular complexity index is 605. The predicted octanol–water partition coefficient (Wildman–Crippen LogP) is 3.33. The molecule has 1 aromatic heterocycles. The van der Waals surface area contributed by atoms with Gasteiger partial charge in [-0.1, -0.05) is 37.7 Å². The zero-order valence-electron chi connectivity index (χ0n) is 11.8. The van der Waals surface area contributed by atoms with Gasteiger partial charge in [0.05, 0.1) is 17.3 Å². The Morgan fingerprint density at radius 1 is 1.37 bits per heavy atom. The van der Waals surface area contributed by atoms with Crippen LogP contribution in [0.3, 0.4) is 0 Å².